The minimum absolute atomic E-state index is 0.0232. The lowest BCUT2D eigenvalue weighted by Gasteiger charge is -2.35. The molecule has 0 spiro atoms. The van der Waals surface area contributed by atoms with Crippen molar-refractivity contribution in [3.8, 4) is 0 Å². The third-order valence-electron chi connectivity index (χ3n) is 4.26. The van der Waals surface area contributed by atoms with Crippen molar-refractivity contribution in [2.45, 2.75) is 58.8 Å². The maximum Gasteiger partial charge on any atom is 0.232 e. The predicted octanol–water partition coefficient (Wildman–Crippen LogP) is 3.55. The lowest BCUT2D eigenvalue weighted by molar-refractivity contribution is -0.127. The summed E-state index contributed by atoms with van der Waals surface area (Å²) >= 11 is 1.53. The number of carbonyl (C=O) groups is 1. The summed E-state index contributed by atoms with van der Waals surface area (Å²) in [5.74, 6) is 0.153. The maximum absolute atomic E-state index is 12.8. The minimum atomic E-state index is -0.215. The van der Waals surface area contributed by atoms with Crippen LogP contribution in [0, 0.1) is 5.41 Å². The predicted molar refractivity (Wildman–Crippen MR) is 88.9 cm³/mol. The van der Waals surface area contributed by atoms with E-state index in [1.54, 1.807) is 0 Å². The molecular formula is C16H27N3OS. The average Bonchev–Trinajstić information content (AvgIpc) is 2.88. The topological polar surface area (TPSA) is 54.0 Å². The van der Waals surface area contributed by atoms with Gasteiger partial charge in [0.1, 0.15) is 0 Å². The molecule has 1 aliphatic rings. The minimum Gasteiger partial charge on any atom is -0.317 e. The summed E-state index contributed by atoms with van der Waals surface area (Å²) in [6, 6.07) is 0. The fraction of sp³-hybridized carbons (Fsp3) is 0.750. The van der Waals surface area contributed by atoms with Crippen LogP contribution < -0.4 is 10.6 Å². The number of aromatic nitrogens is 1. The van der Waals surface area contributed by atoms with Crippen LogP contribution in [0.15, 0.2) is 5.38 Å². The van der Waals surface area contributed by atoms with Crippen molar-refractivity contribution < 1.29 is 4.79 Å². The zero-order valence-corrected chi connectivity index (χ0v) is 14.4. The van der Waals surface area contributed by atoms with Crippen LogP contribution >= 0.6 is 11.3 Å². The van der Waals surface area contributed by atoms with Gasteiger partial charge >= 0.3 is 0 Å². The van der Waals surface area contributed by atoms with Crippen LogP contribution in [0.5, 0.6) is 0 Å². The summed E-state index contributed by atoms with van der Waals surface area (Å²) in [6.07, 6.45) is 3.84. The molecule has 1 aromatic heterocycles. The van der Waals surface area contributed by atoms with Gasteiger partial charge in [-0.1, -0.05) is 34.1 Å². The number of anilines is 1. The van der Waals surface area contributed by atoms with Crippen molar-refractivity contribution in [1.29, 1.82) is 0 Å². The Bertz CT molecular complexity index is 478. The average molecular weight is 309 g/mol. The van der Waals surface area contributed by atoms with Crippen molar-refractivity contribution in [3.05, 3.63) is 11.1 Å². The molecule has 5 heteroatoms. The fourth-order valence-electron chi connectivity index (χ4n) is 2.88. The van der Waals surface area contributed by atoms with Crippen molar-refractivity contribution in [2.75, 3.05) is 18.4 Å². The second-order valence-electron chi connectivity index (χ2n) is 7.02. The van der Waals surface area contributed by atoms with Gasteiger partial charge in [-0.2, -0.15) is 0 Å². The molecule has 4 nitrogen and oxygen atoms in total. The molecule has 0 radical (unpaired) electrons. The third kappa shape index (κ3) is 3.83. The molecule has 0 unspecified atom stereocenters. The second kappa shape index (κ2) is 6.44. The number of thiazole rings is 1. The Balaban J connectivity index is 2.10. The van der Waals surface area contributed by atoms with Gasteiger partial charge in [0.15, 0.2) is 5.13 Å². The van der Waals surface area contributed by atoms with E-state index >= 15 is 0 Å². The molecule has 1 amide bonds. The Morgan fingerprint density at radius 3 is 2.62 bits per heavy atom. The van der Waals surface area contributed by atoms with Gasteiger partial charge in [-0.25, -0.2) is 4.98 Å². The molecule has 2 N–H and O–H groups in total. The Labute approximate surface area is 131 Å². The number of nitrogens with zero attached hydrogens (tertiary/aromatic N) is 1. The van der Waals surface area contributed by atoms with Crippen molar-refractivity contribution in [2.24, 2.45) is 5.41 Å². The number of hydrogen-bond acceptors (Lipinski definition) is 4. The van der Waals surface area contributed by atoms with Gasteiger partial charge in [0, 0.05) is 10.8 Å². The highest BCUT2D eigenvalue weighted by Crippen LogP contribution is 2.36. The number of amides is 1. The van der Waals surface area contributed by atoms with Crippen LogP contribution in [0.25, 0.3) is 0 Å². The van der Waals surface area contributed by atoms with Crippen LogP contribution in [0.1, 0.15) is 59.1 Å². The van der Waals surface area contributed by atoms with Gasteiger partial charge in [-0.05, 0) is 32.4 Å². The number of rotatable bonds is 4. The Morgan fingerprint density at radius 1 is 1.43 bits per heavy atom. The van der Waals surface area contributed by atoms with E-state index in [0.29, 0.717) is 0 Å². The zero-order valence-electron chi connectivity index (χ0n) is 13.6. The third-order valence-corrected chi connectivity index (χ3v) is 5.02. The van der Waals surface area contributed by atoms with E-state index in [4.69, 9.17) is 0 Å². The smallest absolute Gasteiger partial charge is 0.232 e. The Morgan fingerprint density at radius 2 is 2.10 bits per heavy atom. The Hall–Kier alpha value is -0.940. The highest BCUT2D eigenvalue weighted by Gasteiger charge is 2.38. The normalized spacial score (nSPS) is 18.5. The first-order valence-corrected chi connectivity index (χ1v) is 8.73. The number of hydrogen-bond donors (Lipinski definition) is 2. The first-order valence-electron chi connectivity index (χ1n) is 7.85. The molecule has 1 aliphatic heterocycles. The van der Waals surface area contributed by atoms with Gasteiger partial charge in [-0.3, -0.25) is 4.79 Å². The SMILES string of the molecule is CCCC1(C(=O)Nc2nc(C(C)(C)C)cs2)CCNCC1. The molecule has 0 bridgehead atoms. The quantitative estimate of drug-likeness (QED) is 0.894. The van der Waals surface area contributed by atoms with E-state index in [-0.39, 0.29) is 16.7 Å². The lowest BCUT2D eigenvalue weighted by Crippen LogP contribution is -2.44. The fourth-order valence-corrected chi connectivity index (χ4v) is 3.81. The van der Waals surface area contributed by atoms with Gasteiger partial charge < -0.3 is 10.6 Å². The van der Waals surface area contributed by atoms with E-state index < -0.39 is 0 Å². The molecule has 0 aliphatic carbocycles. The molecular weight excluding hydrogens is 282 g/mol. The molecule has 2 heterocycles. The summed E-state index contributed by atoms with van der Waals surface area (Å²) < 4.78 is 0. The Kier molecular flexibility index (Phi) is 5.04. The number of piperidine rings is 1. The molecule has 1 fully saturated rings. The van der Waals surface area contributed by atoms with Crippen molar-refractivity contribution in [1.82, 2.24) is 10.3 Å². The van der Waals surface area contributed by atoms with Gasteiger partial charge in [0.2, 0.25) is 5.91 Å². The summed E-state index contributed by atoms with van der Waals surface area (Å²) in [7, 11) is 0. The van der Waals surface area contributed by atoms with Crippen LogP contribution in [-0.4, -0.2) is 24.0 Å². The van der Waals surface area contributed by atoms with Crippen LogP contribution in [-0.2, 0) is 10.2 Å². The molecule has 0 aromatic carbocycles. The summed E-state index contributed by atoms with van der Waals surface area (Å²) in [6.45, 7) is 10.4. The van der Waals surface area contributed by atoms with E-state index in [9.17, 15) is 4.79 Å². The number of nitrogens with one attached hydrogen (secondary N) is 2. The summed E-state index contributed by atoms with van der Waals surface area (Å²) in [5.41, 5.74) is 0.848. The van der Waals surface area contributed by atoms with E-state index in [2.05, 4.69) is 43.3 Å². The molecule has 2 rings (SSSR count). The summed E-state index contributed by atoms with van der Waals surface area (Å²) in [4.78, 5) is 17.3. The van der Waals surface area contributed by atoms with E-state index in [1.807, 2.05) is 5.38 Å². The van der Waals surface area contributed by atoms with Gasteiger partial charge in [0.25, 0.3) is 0 Å². The van der Waals surface area contributed by atoms with Crippen molar-refractivity contribution in [3.63, 3.8) is 0 Å². The highest BCUT2D eigenvalue weighted by atomic mass is 32.1. The highest BCUT2D eigenvalue weighted by molar-refractivity contribution is 7.14. The van der Waals surface area contributed by atoms with Gasteiger partial charge in [-0.15, -0.1) is 11.3 Å². The first-order chi connectivity index (χ1) is 9.87. The molecule has 0 saturated carbocycles. The molecule has 1 saturated heterocycles. The standard InChI is InChI=1S/C16H27N3OS/c1-5-6-16(7-9-17-10-8-16)13(20)19-14-18-12(11-21-14)15(2,3)4/h11,17H,5-10H2,1-4H3,(H,18,19,20). The van der Waals surface area contributed by atoms with E-state index in [1.165, 1.54) is 11.3 Å². The van der Waals surface area contributed by atoms with Crippen LogP contribution in [0.3, 0.4) is 0 Å². The maximum atomic E-state index is 12.8. The first kappa shape index (κ1) is 16.4. The second-order valence-corrected chi connectivity index (χ2v) is 7.88. The molecule has 1 aromatic rings. The van der Waals surface area contributed by atoms with Gasteiger partial charge in [0.05, 0.1) is 11.1 Å². The summed E-state index contributed by atoms with van der Waals surface area (Å²) in [5, 5.41) is 9.20. The van der Waals surface area contributed by atoms with E-state index in [0.717, 1.165) is 49.6 Å². The number of carbonyl (C=O) groups excluding carboxylic acids is 1. The lowest BCUT2D eigenvalue weighted by atomic mass is 9.74. The monoisotopic (exact) mass is 309 g/mol. The van der Waals surface area contributed by atoms with Crippen molar-refractivity contribution >= 4 is 22.4 Å². The molecule has 21 heavy (non-hydrogen) atoms. The largest absolute Gasteiger partial charge is 0.317 e. The zero-order chi connectivity index (χ0) is 15.5. The van der Waals surface area contributed by atoms with Crippen LogP contribution in [0.4, 0.5) is 5.13 Å². The molecule has 118 valence electrons. The van der Waals surface area contributed by atoms with Crippen LogP contribution in [0.2, 0.25) is 0 Å². The molecule has 0 atom stereocenters.